The fourth-order valence-electron chi connectivity index (χ4n) is 4.60. The minimum absolute atomic E-state index is 0.137. The summed E-state index contributed by atoms with van der Waals surface area (Å²) < 4.78 is 59.5. The van der Waals surface area contributed by atoms with Gasteiger partial charge in [-0.15, -0.1) is 0 Å². The average Bonchev–Trinajstić information content (AvgIpc) is 2.92. The molecule has 0 saturated carbocycles. The van der Waals surface area contributed by atoms with Gasteiger partial charge in [0.05, 0.1) is 24.0 Å². The SMILES string of the molecule is C[C@H](NC(=O)c1cc(Br)cc(N(C2CN(C(c3ccc(Cl)cc3)c3ccc(Cl)cc3)C2)S(C)(=O)=O)c1)C(=O)O.O=C(O)C(F)(F)F. The number of carboxylic acid groups (broad SMARTS) is 2. The molecular weight excluding hydrogens is 742 g/mol. The molecule has 248 valence electrons. The fourth-order valence-corrected chi connectivity index (χ4v) is 6.49. The number of benzene rings is 3. The Bertz CT molecular complexity index is 1640. The van der Waals surface area contributed by atoms with E-state index in [1.807, 2.05) is 48.5 Å². The fraction of sp³-hybridized carbons (Fsp3) is 0.276. The minimum atomic E-state index is -5.08. The maximum absolute atomic E-state index is 13.0. The molecule has 0 aliphatic carbocycles. The summed E-state index contributed by atoms with van der Waals surface area (Å²) >= 11 is 15.6. The van der Waals surface area contributed by atoms with Gasteiger partial charge in [-0.05, 0) is 60.5 Å². The molecule has 3 N–H and O–H groups in total. The van der Waals surface area contributed by atoms with Gasteiger partial charge in [-0.1, -0.05) is 63.4 Å². The first-order valence-corrected chi connectivity index (χ1v) is 16.6. The van der Waals surface area contributed by atoms with Crippen molar-refractivity contribution >= 4 is 72.7 Å². The largest absolute Gasteiger partial charge is 0.490 e. The molecule has 1 aliphatic heterocycles. The van der Waals surface area contributed by atoms with Crippen LogP contribution in [0.5, 0.6) is 0 Å². The van der Waals surface area contributed by atoms with E-state index in [9.17, 15) is 31.2 Å². The van der Waals surface area contributed by atoms with Crippen LogP contribution in [0.1, 0.15) is 34.5 Å². The second-order valence-corrected chi connectivity index (χ2v) is 13.9. The van der Waals surface area contributed by atoms with Crippen molar-refractivity contribution in [3.8, 4) is 0 Å². The number of aliphatic carboxylic acids is 2. The summed E-state index contributed by atoms with van der Waals surface area (Å²) in [5.74, 6) is -4.56. The maximum Gasteiger partial charge on any atom is 0.490 e. The van der Waals surface area contributed by atoms with Gasteiger partial charge in [0.25, 0.3) is 5.91 Å². The number of amides is 1. The van der Waals surface area contributed by atoms with Crippen molar-refractivity contribution < 1.29 is 46.2 Å². The third kappa shape index (κ3) is 9.82. The van der Waals surface area contributed by atoms with Crippen LogP contribution in [-0.4, -0.2) is 79.0 Å². The lowest BCUT2D eigenvalue weighted by Crippen LogP contribution is -2.61. The first-order valence-electron chi connectivity index (χ1n) is 13.2. The number of carboxylic acids is 2. The first-order chi connectivity index (χ1) is 21.3. The molecule has 0 aromatic heterocycles. The molecule has 0 spiro atoms. The summed E-state index contributed by atoms with van der Waals surface area (Å²) in [6, 6.07) is 18.0. The normalized spacial score (nSPS) is 14.5. The molecule has 0 unspecified atom stereocenters. The number of nitrogens with one attached hydrogen (secondary N) is 1. The zero-order valence-corrected chi connectivity index (χ0v) is 27.9. The van der Waals surface area contributed by atoms with E-state index in [1.54, 1.807) is 6.07 Å². The summed E-state index contributed by atoms with van der Waals surface area (Å²) in [6.45, 7) is 2.20. The van der Waals surface area contributed by atoms with E-state index in [1.165, 1.54) is 23.4 Å². The van der Waals surface area contributed by atoms with E-state index in [4.69, 9.17) is 38.2 Å². The highest BCUT2D eigenvalue weighted by Crippen LogP contribution is 2.37. The second-order valence-electron chi connectivity index (χ2n) is 10.2. The van der Waals surface area contributed by atoms with Crippen LogP contribution in [-0.2, 0) is 19.6 Å². The number of alkyl halides is 3. The van der Waals surface area contributed by atoms with Gasteiger partial charge in [0.1, 0.15) is 6.04 Å². The molecule has 3 aromatic rings. The highest BCUT2D eigenvalue weighted by molar-refractivity contribution is 9.10. The highest BCUT2D eigenvalue weighted by atomic mass is 79.9. The smallest absolute Gasteiger partial charge is 0.480 e. The predicted octanol–water partition coefficient (Wildman–Crippen LogP) is 5.83. The van der Waals surface area contributed by atoms with Crippen molar-refractivity contribution in [2.45, 2.75) is 31.2 Å². The Morgan fingerprint density at radius 3 is 1.80 bits per heavy atom. The van der Waals surface area contributed by atoms with E-state index in [2.05, 4.69) is 26.1 Å². The second kappa shape index (κ2) is 15.0. The Morgan fingerprint density at radius 1 is 0.957 bits per heavy atom. The van der Waals surface area contributed by atoms with Gasteiger partial charge in [0.2, 0.25) is 10.0 Å². The van der Waals surface area contributed by atoms with Crippen LogP contribution in [0.4, 0.5) is 18.9 Å². The summed E-state index contributed by atoms with van der Waals surface area (Å²) in [7, 11) is -3.74. The lowest BCUT2D eigenvalue weighted by molar-refractivity contribution is -0.192. The van der Waals surface area contributed by atoms with Gasteiger partial charge in [-0.2, -0.15) is 13.2 Å². The molecule has 1 atom stereocenters. The van der Waals surface area contributed by atoms with Gasteiger partial charge in [-0.25, -0.2) is 13.2 Å². The van der Waals surface area contributed by atoms with Crippen LogP contribution in [0.3, 0.4) is 0 Å². The maximum atomic E-state index is 13.0. The minimum Gasteiger partial charge on any atom is -0.480 e. The van der Waals surface area contributed by atoms with Crippen molar-refractivity contribution in [1.29, 1.82) is 0 Å². The van der Waals surface area contributed by atoms with Crippen LogP contribution >= 0.6 is 39.1 Å². The number of hydrogen-bond donors (Lipinski definition) is 3. The van der Waals surface area contributed by atoms with Crippen LogP contribution < -0.4 is 9.62 Å². The summed E-state index contributed by atoms with van der Waals surface area (Å²) in [6.07, 6.45) is -3.96. The van der Waals surface area contributed by atoms with Gasteiger partial charge in [-0.3, -0.25) is 18.8 Å². The average molecular weight is 769 g/mol. The van der Waals surface area contributed by atoms with E-state index in [0.29, 0.717) is 33.3 Å². The molecule has 0 bridgehead atoms. The van der Waals surface area contributed by atoms with E-state index in [0.717, 1.165) is 17.4 Å². The molecule has 17 heteroatoms. The Kier molecular flexibility index (Phi) is 12.1. The molecule has 0 radical (unpaired) electrons. The predicted molar refractivity (Wildman–Crippen MR) is 170 cm³/mol. The van der Waals surface area contributed by atoms with Crippen LogP contribution in [0.2, 0.25) is 10.0 Å². The molecule has 1 heterocycles. The van der Waals surface area contributed by atoms with Gasteiger partial charge < -0.3 is 15.5 Å². The lowest BCUT2D eigenvalue weighted by Gasteiger charge is -2.48. The van der Waals surface area contributed by atoms with Gasteiger partial charge in [0.15, 0.2) is 0 Å². The molecule has 1 saturated heterocycles. The molecule has 1 aliphatic rings. The van der Waals surface area contributed by atoms with Crippen molar-refractivity contribution in [2.24, 2.45) is 0 Å². The Morgan fingerprint density at radius 2 is 1.41 bits per heavy atom. The third-order valence-corrected chi connectivity index (χ3v) is 8.86. The molecular formula is C29H27BrCl2F3N3O7S. The van der Waals surface area contributed by atoms with Crippen molar-refractivity contribution in [3.05, 3.63) is 97.9 Å². The number of anilines is 1. The molecule has 3 aromatic carbocycles. The highest BCUT2D eigenvalue weighted by Gasteiger charge is 2.41. The zero-order chi connectivity index (χ0) is 34.6. The van der Waals surface area contributed by atoms with Crippen LogP contribution in [0, 0.1) is 0 Å². The topological polar surface area (TPSA) is 144 Å². The Labute approximate surface area is 280 Å². The number of halogens is 6. The number of nitrogens with zero attached hydrogens (tertiary/aromatic N) is 2. The zero-order valence-electron chi connectivity index (χ0n) is 24.0. The van der Waals surface area contributed by atoms with E-state index >= 15 is 0 Å². The van der Waals surface area contributed by atoms with E-state index < -0.39 is 46.1 Å². The quantitative estimate of drug-likeness (QED) is 0.247. The van der Waals surface area contributed by atoms with E-state index in [-0.39, 0.29) is 11.6 Å². The number of hydrogen-bond acceptors (Lipinski definition) is 6. The number of carbonyl (C=O) groups is 3. The number of likely N-dealkylation sites (tertiary alicyclic amines) is 1. The number of carbonyl (C=O) groups excluding carboxylic acids is 1. The molecule has 4 rings (SSSR count). The van der Waals surface area contributed by atoms with Crippen molar-refractivity contribution in [2.75, 3.05) is 23.7 Å². The number of sulfonamides is 1. The first kappa shape index (κ1) is 37.1. The Balaban J connectivity index is 0.000000738. The lowest BCUT2D eigenvalue weighted by atomic mass is 9.93. The molecule has 1 fully saturated rings. The van der Waals surface area contributed by atoms with Crippen molar-refractivity contribution in [1.82, 2.24) is 10.2 Å². The van der Waals surface area contributed by atoms with Crippen molar-refractivity contribution in [3.63, 3.8) is 0 Å². The standard InChI is InChI=1S/C27H26BrCl2N3O5S.C2HF3O2/c1-16(27(35)36)31-26(34)19-11-20(28)13-23(12-19)33(39(2,37)38)24-14-32(15-24)25(17-3-7-21(29)8-4-17)18-5-9-22(30)10-6-18;3-2(4,5)1(6)7/h3-13,16,24-25H,14-15H2,1-2H3,(H,31,34)(H,35,36);(H,6,7)/t16-;/m0./s1. The molecule has 10 nitrogen and oxygen atoms in total. The monoisotopic (exact) mass is 767 g/mol. The number of rotatable bonds is 9. The third-order valence-electron chi connectivity index (χ3n) is 6.68. The summed E-state index contributed by atoms with van der Waals surface area (Å²) in [5, 5.41) is 19.9. The molecule has 46 heavy (non-hydrogen) atoms. The Hall–Kier alpha value is -3.37. The summed E-state index contributed by atoms with van der Waals surface area (Å²) in [5.41, 5.74) is 2.44. The van der Waals surface area contributed by atoms with Crippen LogP contribution in [0.25, 0.3) is 0 Å². The summed E-state index contributed by atoms with van der Waals surface area (Å²) in [4.78, 5) is 34.9. The molecule has 1 amide bonds. The van der Waals surface area contributed by atoms with Crippen LogP contribution in [0.15, 0.2) is 71.2 Å². The van der Waals surface area contributed by atoms with Gasteiger partial charge >= 0.3 is 18.1 Å². The van der Waals surface area contributed by atoms with Gasteiger partial charge in [0, 0.05) is 33.2 Å².